The third-order valence-corrected chi connectivity index (χ3v) is 3.60. The van der Waals surface area contributed by atoms with E-state index in [4.69, 9.17) is 23.2 Å². The fourth-order valence-corrected chi connectivity index (χ4v) is 2.79. The largest absolute Gasteiger partial charge is 0.289 e. The molecule has 0 aliphatic heterocycles. The van der Waals surface area contributed by atoms with Crippen molar-refractivity contribution in [2.24, 2.45) is 0 Å². The van der Waals surface area contributed by atoms with Crippen molar-refractivity contribution in [2.75, 3.05) is 0 Å². The number of hydrogen-bond donors (Lipinski definition) is 0. The summed E-state index contributed by atoms with van der Waals surface area (Å²) >= 11 is 12.4. The van der Waals surface area contributed by atoms with Crippen LogP contribution in [0.25, 0.3) is 21.5 Å². The molecule has 0 fully saturated rings. The van der Waals surface area contributed by atoms with E-state index in [2.05, 4.69) is 0 Å². The summed E-state index contributed by atoms with van der Waals surface area (Å²) in [5.41, 5.74) is -0.0463. The molecule has 0 atom stereocenters. The summed E-state index contributed by atoms with van der Waals surface area (Å²) < 4.78 is 0. The van der Waals surface area contributed by atoms with Crippen molar-refractivity contribution in [3.63, 3.8) is 0 Å². The zero-order valence-electron chi connectivity index (χ0n) is 9.28. The molecule has 0 saturated carbocycles. The maximum absolute atomic E-state index is 12.5. The summed E-state index contributed by atoms with van der Waals surface area (Å²) in [6.45, 7) is 0. The van der Waals surface area contributed by atoms with E-state index in [1.807, 2.05) is 18.2 Å². The highest BCUT2D eigenvalue weighted by atomic mass is 35.5. The highest BCUT2D eigenvalue weighted by Crippen LogP contribution is 2.29. The molecule has 0 aliphatic carbocycles. The van der Waals surface area contributed by atoms with Crippen LogP contribution < -0.4 is 5.43 Å². The van der Waals surface area contributed by atoms with Gasteiger partial charge in [-0.2, -0.15) is 0 Å². The van der Waals surface area contributed by atoms with Crippen LogP contribution in [0.3, 0.4) is 0 Å². The Kier molecular flexibility index (Phi) is 2.73. The highest BCUT2D eigenvalue weighted by molar-refractivity contribution is 6.42. The molecule has 0 aromatic heterocycles. The van der Waals surface area contributed by atoms with E-state index in [0.717, 1.165) is 5.39 Å². The van der Waals surface area contributed by atoms with Gasteiger partial charge in [0.25, 0.3) is 0 Å². The van der Waals surface area contributed by atoms with Crippen molar-refractivity contribution in [3.8, 4) is 0 Å². The molecule has 0 N–H and O–H groups in total. The van der Waals surface area contributed by atoms with Gasteiger partial charge < -0.3 is 0 Å². The SMILES string of the molecule is O=c1c2ccccc2cc(Cl)c2c(Cl)cccc12. The Bertz CT molecular complexity index is 825. The van der Waals surface area contributed by atoms with Crippen molar-refractivity contribution in [1.82, 2.24) is 0 Å². The van der Waals surface area contributed by atoms with Gasteiger partial charge in [-0.25, -0.2) is 0 Å². The molecule has 18 heavy (non-hydrogen) atoms. The summed E-state index contributed by atoms with van der Waals surface area (Å²) in [5.74, 6) is 0. The van der Waals surface area contributed by atoms with Crippen LogP contribution in [-0.4, -0.2) is 0 Å². The van der Waals surface area contributed by atoms with Gasteiger partial charge in [0.2, 0.25) is 0 Å². The summed E-state index contributed by atoms with van der Waals surface area (Å²) in [6, 6.07) is 14.4. The quantitative estimate of drug-likeness (QED) is 0.583. The molecule has 0 radical (unpaired) electrons. The highest BCUT2D eigenvalue weighted by Gasteiger charge is 2.08. The lowest BCUT2D eigenvalue weighted by Gasteiger charge is -1.96. The maximum Gasteiger partial charge on any atom is 0.194 e. The Balaban J connectivity index is 2.75. The molecule has 0 saturated heterocycles. The van der Waals surface area contributed by atoms with Crippen LogP contribution in [0, 0.1) is 0 Å². The molecule has 0 unspecified atom stereocenters. The zero-order valence-corrected chi connectivity index (χ0v) is 10.8. The Morgan fingerprint density at radius 1 is 0.778 bits per heavy atom. The van der Waals surface area contributed by atoms with Gasteiger partial charge in [-0.3, -0.25) is 4.79 Å². The van der Waals surface area contributed by atoms with Crippen LogP contribution in [0.1, 0.15) is 0 Å². The van der Waals surface area contributed by atoms with Gasteiger partial charge in [0, 0.05) is 16.2 Å². The van der Waals surface area contributed by atoms with Gasteiger partial charge in [-0.15, -0.1) is 0 Å². The van der Waals surface area contributed by atoms with Gasteiger partial charge in [-0.05, 0) is 17.5 Å². The van der Waals surface area contributed by atoms with Crippen molar-refractivity contribution in [1.29, 1.82) is 0 Å². The van der Waals surface area contributed by atoms with Crippen LogP contribution in [0.2, 0.25) is 10.0 Å². The number of halogens is 2. The Hall–Kier alpha value is -1.57. The van der Waals surface area contributed by atoms with E-state index < -0.39 is 0 Å². The molecule has 3 aromatic carbocycles. The molecule has 0 aliphatic rings. The minimum Gasteiger partial charge on any atom is -0.289 e. The molecular formula is C15H8Cl2O. The van der Waals surface area contributed by atoms with Crippen molar-refractivity contribution < 1.29 is 0 Å². The molecule has 0 bridgehead atoms. The number of hydrogen-bond acceptors (Lipinski definition) is 1. The van der Waals surface area contributed by atoms with Crippen LogP contribution in [0.4, 0.5) is 0 Å². The first kappa shape index (κ1) is 11.5. The molecule has 0 amide bonds. The molecular weight excluding hydrogens is 267 g/mol. The van der Waals surface area contributed by atoms with Gasteiger partial charge in [0.15, 0.2) is 5.43 Å². The van der Waals surface area contributed by atoms with E-state index in [1.54, 1.807) is 30.3 Å². The van der Waals surface area contributed by atoms with E-state index in [9.17, 15) is 4.79 Å². The molecule has 1 nitrogen and oxygen atoms in total. The predicted molar refractivity (Wildman–Crippen MR) is 77.7 cm³/mol. The molecule has 3 aromatic rings. The summed E-state index contributed by atoms with van der Waals surface area (Å²) in [6.07, 6.45) is 0. The Labute approximate surface area is 114 Å². The second-order valence-corrected chi connectivity index (χ2v) is 4.89. The van der Waals surface area contributed by atoms with E-state index in [1.165, 1.54) is 0 Å². The number of fused-ring (bicyclic) bond motifs is 2. The second kappa shape index (κ2) is 4.27. The standard InChI is InChI=1S/C15H8Cl2O/c16-12-7-3-6-11-14(12)13(17)8-9-4-1-2-5-10(9)15(11)18/h1-8H. The van der Waals surface area contributed by atoms with Crippen LogP contribution in [0.5, 0.6) is 0 Å². The topological polar surface area (TPSA) is 17.1 Å². The van der Waals surface area contributed by atoms with Crippen LogP contribution >= 0.6 is 23.2 Å². The van der Waals surface area contributed by atoms with Gasteiger partial charge in [-0.1, -0.05) is 59.6 Å². The molecule has 0 heterocycles. The monoisotopic (exact) mass is 274 g/mol. The average Bonchev–Trinajstić information content (AvgIpc) is 2.47. The van der Waals surface area contributed by atoms with E-state index >= 15 is 0 Å². The van der Waals surface area contributed by atoms with Crippen molar-refractivity contribution >= 4 is 44.7 Å². The third-order valence-electron chi connectivity index (χ3n) is 2.98. The Morgan fingerprint density at radius 2 is 1.50 bits per heavy atom. The first-order valence-corrected chi connectivity index (χ1v) is 6.24. The van der Waals surface area contributed by atoms with Gasteiger partial charge in [0.05, 0.1) is 10.0 Å². The van der Waals surface area contributed by atoms with E-state index in [0.29, 0.717) is 26.2 Å². The first-order chi connectivity index (χ1) is 8.68. The molecule has 0 spiro atoms. The molecule has 88 valence electrons. The van der Waals surface area contributed by atoms with Gasteiger partial charge >= 0.3 is 0 Å². The second-order valence-electron chi connectivity index (χ2n) is 4.07. The third kappa shape index (κ3) is 1.67. The van der Waals surface area contributed by atoms with Crippen molar-refractivity contribution in [2.45, 2.75) is 0 Å². The minimum absolute atomic E-state index is 0.0463. The van der Waals surface area contributed by atoms with E-state index in [-0.39, 0.29) is 5.43 Å². The number of rotatable bonds is 0. The summed E-state index contributed by atoms with van der Waals surface area (Å²) in [7, 11) is 0. The number of benzene rings is 2. The van der Waals surface area contributed by atoms with Gasteiger partial charge in [0.1, 0.15) is 0 Å². The normalized spacial score (nSPS) is 11.0. The zero-order chi connectivity index (χ0) is 12.7. The fraction of sp³-hybridized carbons (Fsp3) is 0. The smallest absolute Gasteiger partial charge is 0.194 e. The summed E-state index contributed by atoms with van der Waals surface area (Å²) in [5, 5.41) is 3.62. The lowest BCUT2D eigenvalue weighted by Crippen LogP contribution is -1.97. The molecule has 3 rings (SSSR count). The lowest BCUT2D eigenvalue weighted by atomic mass is 10.1. The molecule has 3 heteroatoms. The van der Waals surface area contributed by atoms with Crippen LogP contribution in [-0.2, 0) is 0 Å². The fourth-order valence-electron chi connectivity index (χ4n) is 2.14. The lowest BCUT2D eigenvalue weighted by molar-refractivity contribution is 1.74. The average molecular weight is 275 g/mol. The first-order valence-electron chi connectivity index (χ1n) is 5.48. The summed E-state index contributed by atoms with van der Waals surface area (Å²) in [4.78, 5) is 12.5. The van der Waals surface area contributed by atoms with Crippen molar-refractivity contribution in [3.05, 3.63) is 68.8 Å². The Morgan fingerprint density at radius 3 is 2.33 bits per heavy atom. The predicted octanol–water partition coefficient (Wildman–Crippen LogP) is 4.66. The maximum atomic E-state index is 12.5. The minimum atomic E-state index is -0.0463. The van der Waals surface area contributed by atoms with Crippen LogP contribution in [0.15, 0.2) is 53.3 Å².